The summed E-state index contributed by atoms with van der Waals surface area (Å²) in [4.78, 5) is 0. The molecule has 0 aliphatic heterocycles. The molecule has 0 unspecified atom stereocenters. The molecule has 0 aromatic carbocycles. The fourth-order valence-electron chi connectivity index (χ4n) is 0.809. The minimum Gasteiger partial charge on any atom is -0.422 e. The quantitative estimate of drug-likeness (QED) is 0.737. The summed E-state index contributed by atoms with van der Waals surface area (Å²) in [5.41, 5.74) is 4.82. The summed E-state index contributed by atoms with van der Waals surface area (Å²) in [7, 11) is 1.60. The van der Waals surface area contributed by atoms with E-state index in [0.29, 0.717) is 24.7 Å². The van der Waals surface area contributed by atoms with E-state index in [4.69, 9.17) is 14.9 Å². The maximum Gasteiger partial charge on any atom is 0.247 e. The van der Waals surface area contributed by atoms with Gasteiger partial charge in [-0.1, -0.05) is 0 Å². The topological polar surface area (TPSA) is 74.2 Å². The molecule has 0 saturated heterocycles. The summed E-state index contributed by atoms with van der Waals surface area (Å²) < 4.78 is 10.5. The van der Waals surface area contributed by atoms with Crippen molar-refractivity contribution in [2.75, 3.05) is 13.7 Å². The summed E-state index contributed by atoms with van der Waals surface area (Å²) in [6, 6.07) is 0. The summed E-state index contributed by atoms with van der Waals surface area (Å²) in [6.45, 7) is 4.24. The minimum atomic E-state index is -0.528. The van der Waals surface area contributed by atoms with Crippen LogP contribution in [0.2, 0.25) is 0 Å². The molecule has 1 aromatic heterocycles. The molecule has 0 aliphatic carbocycles. The van der Waals surface area contributed by atoms with Crippen molar-refractivity contribution in [3.05, 3.63) is 11.8 Å². The first-order chi connectivity index (χ1) is 6.10. The predicted molar refractivity (Wildman–Crippen MR) is 47.1 cm³/mol. The highest BCUT2D eigenvalue weighted by molar-refractivity contribution is 4.93. The lowest BCUT2D eigenvalue weighted by atomic mass is 10.1. The molecule has 1 rings (SSSR count). The molecule has 2 N–H and O–H groups in total. The van der Waals surface area contributed by atoms with Gasteiger partial charge in [0.25, 0.3) is 0 Å². The van der Waals surface area contributed by atoms with E-state index in [1.807, 2.05) is 13.8 Å². The number of hydrogen-bond acceptors (Lipinski definition) is 5. The summed E-state index contributed by atoms with van der Waals surface area (Å²) in [5, 5.41) is 7.72. The third kappa shape index (κ3) is 2.26. The Morgan fingerprint density at radius 3 is 2.69 bits per heavy atom. The first kappa shape index (κ1) is 10.1. The van der Waals surface area contributed by atoms with E-state index in [9.17, 15) is 0 Å². The van der Waals surface area contributed by atoms with Gasteiger partial charge in [-0.25, -0.2) is 0 Å². The van der Waals surface area contributed by atoms with Crippen molar-refractivity contribution in [3.63, 3.8) is 0 Å². The van der Waals surface area contributed by atoms with Gasteiger partial charge in [-0.3, -0.25) is 0 Å². The van der Waals surface area contributed by atoms with Gasteiger partial charge in [0.15, 0.2) is 0 Å². The number of rotatable bonds is 4. The molecular formula is C8H15N3O2. The number of nitrogens with two attached hydrogens (primary N) is 1. The Bertz CT molecular complexity index is 270. The van der Waals surface area contributed by atoms with E-state index in [1.54, 1.807) is 7.11 Å². The summed E-state index contributed by atoms with van der Waals surface area (Å²) >= 11 is 0. The molecule has 0 saturated carbocycles. The van der Waals surface area contributed by atoms with E-state index in [-0.39, 0.29) is 0 Å². The Labute approximate surface area is 77.3 Å². The maximum absolute atomic E-state index is 5.35. The SMILES string of the molecule is COC(C)(C)c1nnc(CCN)o1. The van der Waals surface area contributed by atoms with Crippen molar-refractivity contribution in [1.29, 1.82) is 0 Å². The molecular weight excluding hydrogens is 170 g/mol. The Hall–Kier alpha value is -0.940. The van der Waals surface area contributed by atoms with Crippen LogP contribution in [-0.2, 0) is 16.8 Å². The fourth-order valence-corrected chi connectivity index (χ4v) is 0.809. The highest BCUT2D eigenvalue weighted by atomic mass is 16.5. The zero-order chi connectivity index (χ0) is 9.90. The van der Waals surface area contributed by atoms with Crippen LogP contribution in [0.5, 0.6) is 0 Å². The number of methoxy groups -OCH3 is 1. The van der Waals surface area contributed by atoms with E-state index in [2.05, 4.69) is 10.2 Å². The molecule has 1 aromatic rings. The Morgan fingerprint density at radius 1 is 1.46 bits per heavy atom. The lowest BCUT2D eigenvalue weighted by Gasteiger charge is -2.17. The summed E-state index contributed by atoms with van der Waals surface area (Å²) in [6.07, 6.45) is 0.604. The second kappa shape index (κ2) is 3.85. The fraction of sp³-hybridized carbons (Fsp3) is 0.750. The number of nitrogens with zero attached hydrogens (tertiary/aromatic N) is 2. The van der Waals surface area contributed by atoms with Crippen molar-refractivity contribution in [3.8, 4) is 0 Å². The van der Waals surface area contributed by atoms with Crippen LogP contribution in [0.4, 0.5) is 0 Å². The average molecular weight is 185 g/mol. The number of aromatic nitrogens is 2. The van der Waals surface area contributed by atoms with Crippen molar-refractivity contribution in [2.24, 2.45) is 5.73 Å². The van der Waals surface area contributed by atoms with Gasteiger partial charge in [-0.2, -0.15) is 0 Å². The predicted octanol–water partition coefficient (Wildman–Crippen LogP) is 0.452. The van der Waals surface area contributed by atoms with E-state index >= 15 is 0 Å². The average Bonchev–Trinajstić information content (AvgIpc) is 2.54. The standard InChI is InChI=1S/C8H15N3O2/c1-8(2,12-3)7-11-10-6(13-7)4-5-9/h4-5,9H2,1-3H3. The lowest BCUT2D eigenvalue weighted by molar-refractivity contribution is -0.00450. The van der Waals surface area contributed by atoms with Crippen LogP contribution in [0.1, 0.15) is 25.6 Å². The van der Waals surface area contributed by atoms with Crippen molar-refractivity contribution in [2.45, 2.75) is 25.9 Å². The Morgan fingerprint density at radius 2 is 2.15 bits per heavy atom. The molecule has 13 heavy (non-hydrogen) atoms. The zero-order valence-corrected chi connectivity index (χ0v) is 8.20. The largest absolute Gasteiger partial charge is 0.422 e. The molecule has 5 heteroatoms. The molecule has 0 radical (unpaired) electrons. The first-order valence-electron chi connectivity index (χ1n) is 4.18. The highest BCUT2D eigenvalue weighted by Crippen LogP contribution is 2.21. The minimum absolute atomic E-state index is 0.485. The Kier molecular flexibility index (Phi) is 3.00. The molecule has 74 valence electrons. The van der Waals surface area contributed by atoms with Crippen molar-refractivity contribution < 1.29 is 9.15 Å². The number of hydrogen-bond donors (Lipinski definition) is 1. The van der Waals surface area contributed by atoms with Crippen LogP contribution < -0.4 is 5.73 Å². The van der Waals surface area contributed by atoms with Crippen LogP contribution in [-0.4, -0.2) is 23.9 Å². The van der Waals surface area contributed by atoms with Gasteiger partial charge in [0.2, 0.25) is 11.8 Å². The van der Waals surface area contributed by atoms with Crippen molar-refractivity contribution >= 4 is 0 Å². The van der Waals surface area contributed by atoms with Gasteiger partial charge in [0.1, 0.15) is 5.60 Å². The third-order valence-corrected chi connectivity index (χ3v) is 1.85. The molecule has 0 aliphatic rings. The van der Waals surface area contributed by atoms with Gasteiger partial charge in [-0.05, 0) is 13.8 Å². The smallest absolute Gasteiger partial charge is 0.247 e. The van der Waals surface area contributed by atoms with Gasteiger partial charge in [0, 0.05) is 20.1 Å². The maximum atomic E-state index is 5.35. The highest BCUT2D eigenvalue weighted by Gasteiger charge is 2.26. The zero-order valence-electron chi connectivity index (χ0n) is 8.20. The molecule has 0 fully saturated rings. The molecule has 0 amide bonds. The van der Waals surface area contributed by atoms with Gasteiger partial charge < -0.3 is 14.9 Å². The normalized spacial score (nSPS) is 12.0. The van der Waals surface area contributed by atoms with Crippen LogP contribution in [0.3, 0.4) is 0 Å². The molecule has 5 nitrogen and oxygen atoms in total. The lowest BCUT2D eigenvalue weighted by Crippen LogP contribution is -2.19. The van der Waals surface area contributed by atoms with Crippen LogP contribution >= 0.6 is 0 Å². The molecule has 0 atom stereocenters. The Balaban J connectivity index is 2.79. The van der Waals surface area contributed by atoms with E-state index < -0.39 is 5.60 Å². The van der Waals surface area contributed by atoms with Crippen molar-refractivity contribution in [1.82, 2.24) is 10.2 Å². The number of ether oxygens (including phenoxy) is 1. The monoisotopic (exact) mass is 185 g/mol. The molecule has 0 spiro atoms. The van der Waals surface area contributed by atoms with Gasteiger partial charge in [0.05, 0.1) is 0 Å². The first-order valence-corrected chi connectivity index (χ1v) is 4.18. The second-order valence-electron chi connectivity index (χ2n) is 3.25. The van der Waals surface area contributed by atoms with Gasteiger partial charge >= 0.3 is 0 Å². The van der Waals surface area contributed by atoms with Crippen LogP contribution in [0.15, 0.2) is 4.42 Å². The molecule has 0 bridgehead atoms. The van der Waals surface area contributed by atoms with Crippen LogP contribution in [0.25, 0.3) is 0 Å². The van der Waals surface area contributed by atoms with Gasteiger partial charge in [-0.15, -0.1) is 10.2 Å². The second-order valence-corrected chi connectivity index (χ2v) is 3.25. The third-order valence-electron chi connectivity index (χ3n) is 1.85. The van der Waals surface area contributed by atoms with E-state index in [0.717, 1.165) is 0 Å². The van der Waals surface area contributed by atoms with E-state index in [1.165, 1.54) is 0 Å². The molecule has 1 heterocycles. The van der Waals surface area contributed by atoms with Crippen LogP contribution in [0, 0.1) is 0 Å². The summed E-state index contributed by atoms with van der Waals surface area (Å²) in [5.74, 6) is 1.04.